The molecule has 1 aromatic heterocycles. The van der Waals surface area contributed by atoms with Gasteiger partial charge in [0.05, 0.1) is 12.1 Å². The fourth-order valence-electron chi connectivity index (χ4n) is 4.06. The van der Waals surface area contributed by atoms with Crippen molar-refractivity contribution in [3.05, 3.63) is 18.0 Å². The van der Waals surface area contributed by atoms with Crippen molar-refractivity contribution in [2.75, 3.05) is 19.6 Å². The summed E-state index contributed by atoms with van der Waals surface area (Å²) in [6.45, 7) is 7.07. The largest absolute Gasteiger partial charge is 0.339 e. The van der Waals surface area contributed by atoms with Crippen molar-refractivity contribution in [3.8, 4) is 0 Å². The zero-order chi connectivity index (χ0) is 15.7. The molecule has 0 spiro atoms. The van der Waals surface area contributed by atoms with E-state index >= 15 is 0 Å². The number of rotatable bonds is 3. The molecule has 0 bridgehead atoms. The van der Waals surface area contributed by atoms with E-state index in [-0.39, 0.29) is 24.2 Å². The third kappa shape index (κ3) is 3.72. The Bertz CT molecular complexity index is 530. The Balaban J connectivity index is 0.00000192. The summed E-state index contributed by atoms with van der Waals surface area (Å²) in [5.74, 6) is 1.20. The van der Waals surface area contributed by atoms with Gasteiger partial charge in [-0.2, -0.15) is 5.10 Å². The maximum Gasteiger partial charge on any atom is 0.227 e. The van der Waals surface area contributed by atoms with E-state index in [4.69, 9.17) is 0 Å². The molecule has 1 aromatic rings. The zero-order valence-electron chi connectivity index (χ0n) is 14.4. The van der Waals surface area contributed by atoms with Crippen molar-refractivity contribution < 1.29 is 4.79 Å². The van der Waals surface area contributed by atoms with Crippen LogP contribution in [0.5, 0.6) is 0 Å². The van der Waals surface area contributed by atoms with Crippen LogP contribution in [-0.2, 0) is 11.8 Å². The van der Waals surface area contributed by atoms with Crippen LogP contribution in [0.4, 0.5) is 0 Å². The molecule has 3 atom stereocenters. The summed E-state index contributed by atoms with van der Waals surface area (Å²) < 4.78 is 1.83. The third-order valence-corrected chi connectivity index (χ3v) is 5.29. The van der Waals surface area contributed by atoms with Gasteiger partial charge in [0.25, 0.3) is 0 Å². The van der Waals surface area contributed by atoms with E-state index in [1.54, 1.807) is 0 Å². The highest BCUT2D eigenvalue weighted by Crippen LogP contribution is 2.32. The van der Waals surface area contributed by atoms with Crippen LogP contribution in [0, 0.1) is 11.8 Å². The first-order valence-corrected chi connectivity index (χ1v) is 8.57. The molecule has 5 nitrogen and oxygen atoms in total. The van der Waals surface area contributed by atoms with Gasteiger partial charge >= 0.3 is 0 Å². The van der Waals surface area contributed by atoms with Gasteiger partial charge in [-0.25, -0.2) is 0 Å². The summed E-state index contributed by atoms with van der Waals surface area (Å²) in [4.78, 5) is 15.3. The van der Waals surface area contributed by atoms with Crippen LogP contribution in [0.25, 0.3) is 0 Å². The number of carbonyl (C=O) groups excluding carboxylic acids is 1. The Morgan fingerprint density at radius 1 is 1.35 bits per heavy atom. The lowest BCUT2D eigenvalue weighted by Gasteiger charge is -2.40. The molecule has 2 aliphatic heterocycles. The van der Waals surface area contributed by atoms with E-state index in [0.717, 1.165) is 32.5 Å². The summed E-state index contributed by atoms with van der Waals surface area (Å²) in [6, 6.07) is 0.413. The first kappa shape index (κ1) is 18.3. The second-order valence-corrected chi connectivity index (χ2v) is 7.16. The van der Waals surface area contributed by atoms with Crippen molar-refractivity contribution in [2.45, 2.75) is 45.1 Å². The number of amides is 1. The maximum atomic E-state index is 13.2. The number of aromatic nitrogens is 2. The highest BCUT2D eigenvalue weighted by Gasteiger charge is 2.40. The average molecular weight is 341 g/mol. The van der Waals surface area contributed by atoms with Gasteiger partial charge in [-0.15, -0.1) is 12.4 Å². The lowest BCUT2D eigenvalue weighted by Crippen LogP contribution is -2.49. The molecule has 3 heterocycles. The van der Waals surface area contributed by atoms with Crippen LogP contribution < -0.4 is 5.32 Å². The van der Waals surface area contributed by atoms with E-state index in [2.05, 4.69) is 29.2 Å². The number of carbonyl (C=O) groups is 1. The minimum atomic E-state index is 0. The van der Waals surface area contributed by atoms with Crippen LogP contribution in [0.15, 0.2) is 12.4 Å². The highest BCUT2D eigenvalue weighted by molar-refractivity contribution is 5.85. The van der Waals surface area contributed by atoms with Crippen molar-refractivity contribution in [1.29, 1.82) is 0 Å². The van der Waals surface area contributed by atoms with Gasteiger partial charge < -0.3 is 10.2 Å². The first-order chi connectivity index (χ1) is 10.6. The summed E-state index contributed by atoms with van der Waals surface area (Å²) in [5.41, 5.74) is 1.18. The standard InChI is InChI=1S/C17H28N4O.ClH/c1-12(2)16-6-4-5-7-21(16)17(22)15-10-18-9-14(15)13-8-19-20(3)11-13;/h8,11-12,14-16,18H,4-7,9-10H2,1-3H3;1H/t14-,15+,16?;/m1./s1. The predicted octanol–water partition coefficient (Wildman–Crippen LogP) is 2.18. The Kier molecular flexibility index (Phi) is 6.09. The lowest BCUT2D eigenvalue weighted by molar-refractivity contribution is -0.140. The van der Waals surface area contributed by atoms with Gasteiger partial charge in [0, 0.05) is 44.8 Å². The molecule has 2 saturated heterocycles. The fraction of sp³-hybridized carbons (Fsp3) is 0.765. The number of nitrogens with one attached hydrogen (secondary N) is 1. The number of hydrogen-bond acceptors (Lipinski definition) is 3. The SMILES string of the molecule is CC(C)C1CCCCN1C(=O)[C@H]1CNC[C@@H]1c1cnn(C)c1.Cl. The van der Waals surface area contributed by atoms with Crippen LogP contribution >= 0.6 is 12.4 Å². The van der Waals surface area contributed by atoms with Gasteiger partial charge in [0.15, 0.2) is 0 Å². The number of aryl methyl sites for hydroxylation is 1. The molecule has 0 aliphatic carbocycles. The Morgan fingerprint density at radius 3 is 2.78 bits per heavy atom. The van der Waals surface area contributed by atoms with Gasteiger partial charge in [-0.05, 0) is 30.7 Å². The van der Waals surface area contributed by atoms with Crippen molar-refractivity contribution in [1.82, 2.24) is 20.0 Å². The molecule has 2 aliphatic rings. The number of likely N-dealkylation sites (tertiary alicyclic amines) is 1. The molecule has 2 fully saturated rings. The summed E-state index contributed by atoms with van der Waals surface area (Å²) in [6.07, 6.45) is 7.51. The van der Waals surface area contributed by atoms with Crippen LogP contribution in [0.3, 0.4) is 0 Å². The molecule has 23 heavy (non-hydrogen) atoms. The minimum Gasteiger partial charge on any atom is -0.339 e. The van der Waals surface area contributed by atoms with Gasteiger partial charge in [-0.3, -0.25) is 9.48 Å². The second kappa shape index (κ2) is 7.67. The molecular weight excluding hydrogens is 312 g/mol. The van der Waals surface area contributed by atoms with Crippen LogP contribution in [0.1, 0.15) is 44.6 Å². The normalized spacial score (nSPS) is 28.0. The molecule has 130 valence electrons. The molecule has 0 radical (unpaired) electrons. The van der Waals surface area contributed by atoms with E-state index < -0.39 is 0 Å². The summed E-state index contributed by atoms with van der Waals surface area (Å²) >= 11 is 0. The van der Waals surface area contributed by atoms with Gasteiger partial charge in [0.2, 0.25) is 5.91 Å². The minimum absolute atomic E-state index is 0. The quantitative estimate of drug-likeness (QED) is 0.917. The Labute approximate surface area is 145 Å². The molecular formula is C17H29ClN4O. The number of nitrogens with zero attached hydrogens (tertiary/aromatic N) is 3. The fourth-order valence-corrected chi connectivity index (χ4v) is 4.06. The Hall–Kier alpha value is -1.07. The van der Waals surface area contributed by atoms with E-state index in [1.807, 2.05) is 24.1 Å². The lowest BCUT2D eigenvalue weighted by atomic mass is 9.86. The number of halogens is 1. The van der Waals surface area contributed by atoms with Crippen LogP contribution in [-0.4, -0.2) is 46.3 Å². The average Bonchev–Trinajstić information content (AvgIpc) is 3.14. The number of hydrogen-bond donors (Lipinski definition) is 1. The first-order valence-electron chi connectivity index (χ1n) is 8.57. The maximum absolute atomic E-state index is 13.2. The third-order valence-electron chi connectivity index (χ3n) is 5.29. The van der Waals surface area contributed by atoms with E-state index in [0.29, 0.717) is 17.9 Å². The summed E-state index contributed by atoms with van der Waals surface area (Å²) in [5, 5.41) is 7.68. The molecule has 1 unspecified atom stereocenters. The molecule has 6 heteroatoms. The van der Waals surface area contributed by atoms with Gasteiger partial charge in [0.1, 0.15) is 0 Å². The topological polar surface area (TPSA) is 50.2 Å². The molecule has 3 rings (SSSR count). The van der Waals surface area contributed by atoms with E-state index in [1.165, 1.54) is 12.0 Å². The van der Waals surface area contributed by atoms with Crippen molar-refractivity contribution in [3.63, 3.8) is 0 Å². The molecule has 0 aromatic carbocycles. The van der Waals surface area contributed by atoms with Crippen molar-refractivity contribution in [2.24, 2.45) is 18.9 Å². The van der Waals surface area contributed by atoms with Crippen LogP contribution in [0.2, 0.25) is 0 Å². The Morgan fingerprint density at radius 2 is 2.13 bits per heavy atom. The van der Waals surface area contributed by atoms with Gasteiger partial charge in [-0.1, -0.05) is 13.8 Å². The van der Waals surface area contributed by atoms with E-state index in [9.17, 15) is 4.79 Å². The second-order valence-electron chi connectivity index (χ2n) is 7.16. The monoisotopic (exact) mass is 340 g/mol. The number of piperidine rings is 1. The molecule has 1 N–H and O–H groups in total. The smallest absolute Gasteiger partial charge is 0.227 e. The highest BCUT2D eigenvalue weighted by atomic mass is 35.5. The molecule has 1 amide bonds. The molecule has 0 saturated carbocycles. The summed E-state index contributed by atoms with van der Waals surface area (Å²) in [7, 11) is 1.93. The van der Waals surface area contributed by atoms with Crippen molar-refractivity contribution >= 4 is 18.3 Å². The predicted molar refractivity (Wildman–Crippen MR) is 93.7 cm³/mol. The zero-order valence-corrected chi connectivity index (χ0v) is 15.2.